The lowest BCUT2D eigenvalue weighted by atomic mass is 10.2. The Morgan fingerprint density at radius 1 is 1.41 bits per heavy atom. The Kier molecular flexibility index (Phi) is 5.16. The van der Waals surface area contributed by atoms with Gasteiger partial charge in [-0.1, -0.05) is 23.7 Å². The Hall–Kier alpha value is -2.34. The number of nitrogens with one attached hydrogen (secondary N) is 1. The topological polar surface area (TPSA) is 73.2 Å². The third kappa shape index (κ3) is 3.85. The van der Waals surface area contributed by atoms with Gasteiger partial charge in [-0.3, -0.25) is 9.59 Å². The van der Waals surface area contributed by atoms with Gasteiger partial charge in [-0.05, 0) is 19.1 Å². The van der Waals surface area contributed by atoms with E-state index in [0.717, 1.165) is 0 Å². The number of aromatic nitrogens is 2. The fraction of sp³-hybridized carbons (Fsp3) is 0.267. The number of halogens is 1. The third-order valence-electron chi connectivity index (χ3n) is 3.02. The molecule has 1 aromatic carbocycles. The van der Waals surface area contributed by atoms with Gasteiger partial charge in [0.05, 0.1) is 36.0 Å². The molecular formula is C15H16ClN3O3. The molecule has 0 fully saturated rings. The van der Waals surface area contributed by atoms with E-state index in [1.54, 1.807) is 25.3 Å². The summed E-state index contributed by atoms with van der Waals surface area (Å²) in [5.74, 6) is -0.686. The molecule has 116 valence electrons. The summed E-state index contributed by atoms with van der Waals surface area (Å²) < 4.78 is 6.09. The van der Waals surface area contributed by atoms with E-state index in [4.69, 9.17) is 11.6 Å². The van der Waals surface area contributed by atoms with Crippen LogP contribution in [0.25, 0.3) is 5.69 Å². The van der Waals surface area contributed by atoms with E-state index in [2.05, 4.69) is 15.2 Å². The van der Waals surface area contributed by atoms with Gasteiger partial charge >= 0.3 is 5.97 Å². The van der Waals surface area contributed by atoms with Crippen LogP contribution in [-0.2, 0) is 9.53 Å². The fourth-order valence-corrected chi connectivity index (χ4v) is 2.12. The van der Waals surface area contributed by atoms with E-state index in [1.807, 2.05) is 12.1 Å². The SMILES string of the molecule is COC(=O)C[C@H](C)NC(=O)c1cnn(-c2ccccc2Cl)c1. The van der Waals surface area contributed by atoms with Crippen molar-refractivity contribution >= 4 is 23.5 Å². The molecule has 2 rings (SSSR count). The Morgan fingerprint density at radius 2 is 2.14 bits per heavy atom. The standard InChI is InChI=1S/C15H16ClN3O3/c1-10(7-14(20)22-2)18-15(21)11-8-17-19(9-11)13-6-4-3-5-12(13)16/h3-6,8-10H,7H2,1-2H3,(H,18,21)/t10-/m0/s1. The molecule has 0 spiro atoms. The maximum Gasteiger partial charge on any atom is 0.307 e. The van der Waals surface area contributed by atoms with Crippen LogP contribution in [0.4, 0.5) is 0 Å². The third-order valence-corrected chi connectivity index (χ3v) is 3.34. The molecule has 2 aromatic rings. The number of ether oxygens (including phenoxy) is 1. The van der Waals surface area contributed by atoms with Gasteiger partial charge in [0.15, 0.2) is 0 Å². The Labute approximate surface area is 133 Å². The van der Waals surface area contributed by atoms with Crippen LogP contribution in [0.3, 0.4) is 0 Å². The highest BCUT2D eigenvalue weighted by Crippen LogP contribution is 2.19. The second-order valence-corrected chi connectivity index (χ2v) is 5.19. The highest BCUT2D eigenvalue weighted by molar-refractivity contribution is 6.32. The molecule has 0 bridgehead atoms. The van der Waals surface area contributed by atoms with E-state index in [-0.39, 0.29) is 24.3 Å². The zero-order valence-corrected chi connectivity index (χ0v) is 13.0. The van der Waals surface area contributed by atoms with E-state index in [0.29, 0.717) is 16.3 Å². The first kappa shape index (κ1) is 16.0. The summed E-state index contributed by atoms with van der Waals surface area (Å²) in [5.41, 5.74) is 1.07. The molecule has 1 aromatic heterocycles. The van der Waals surface area contributed by atoms with Crippen molar-refractivity contribution < 1.29 is 14.3 Å². The second-order valence-electron chi connectivity index (χ2n) is 4.78. The molecule has 6 nitrogen and oxygen atoms in total. The fourth-order valence-electron chi connectivity index (χ4n) is 1.90. The molecule has 1 atom stereocenters. The van der Waals surface area contributed by atoms with Crippen molar-refractivity contribution in [2.24, 2.45) is 0 Å². The smallest absolute Gasteiger partial charge is 0.307 e. The predicted molar refractivity (Wildman–Crippen MR) is 82.1 cm³/mol. The lowest BCUT2D eigenvalue weighted by Gasteiger charge is -2.11. The number of amides is 1. The first-order valence-electron chi connectivity index (χ1n) is 6.68. The largest absolute Gasteiger partial charge is 0.469 e. The summed E-state index contributed by atoms with van der Waals surface area (Å²) in [4.78, 5) is 23.3. The minimum atomic E-state index is -0.375. The monoisotopic (exact) mass is 321 g/mol. The number of para-hydroxylation sites is 1. The normalized spacial score (nSPS) is 11.8. The van der Waals surface area contributed by atoms with Crippen molar-refractivity contribution in [3.63, 3.8) is 0 Å². The summed E-state index contributed by atoms with van der Waals surface area (Å²) in [6.07, 6.45) is 3.14. The molecule has 1 N–H and O–H groups in total. The maximum absolute atomic E-state index is 12.1. The Balaban J connectivity index is 2.07. The molecule has 22 heavy (non-hydrogen) atoms. The summed E-state index contributed by atoms with van der Waals surface area (Å²) in [6.45, 7) is 1.73. The lowest BCUT2D eigenvalue weighted by Crippen LogP contribution is -2.34. The number of hydrogen-bond acceptors (Lipinski definition) is 4. The number of carbonyl (C=O) groups is 2. The zero-order valence-electron chi connectivity index (χ0n) is 12.2. The van der Waals surface area contributed by atoms with Crippen LogP contribution in [0.15, 0.2) is 36.7 Å². The van der Waals surface area contributed by atoms with E-state index in [9.17, 15) is 9.59 Å². The van der Waals surface area contributed by atoms with Crippen molar-refractivity contribution in [1.29, 1.82) is 0 Å². The Bertz CT molecular complexity index is 684. The highest BCUT2D eigenvalue weighted by atomic mass is 35.5. The van der Waals surface area contributed by atoms with Crippen LogP contribution < -0.4 is 5.32 Å². The quantitative estimate of drug-likeness (QED) is 0.857. The van der Waals surface area contributed by atoms with Crippen LogP contribution >= 0.6 is 11.6 Å². The molecule has 0 radical (unpaired) electrons. The van der Waals surface area contributed by atoms with E-state index in [1.165, 1.54) is 18.0 Å². The van der Waals surface area contributed by atoms with Gasteiger partial charge in [-0.25, -0.2) is 4.68 Å². The van der Waals surface area contributed by atoms with Crippen molar-refractivity contribution in [2.45, 2.75) is 19.4 Å². The molecule has 0 aliphatic carbocycles. The molecule has 1 heterocycles. The molecule has 0 aliphatic rings. The molecular weight excluding hydrogens is 306 g/mol. The first-order valence-corrected chi connectivity index (χ1v) is 7.06. The van der Waals surface area contributed by atoms with Gasteiger partial charge in [-0.2, -0.15) is 5.10 Å². The summed E-state index contributed by atoms with van der Waals surface area (Å²) in [6, 6.07) is 6.87. The highest BCUT2D eigenvalue weighted by Gasteiger charge is 2.15. The predicted octanol–water partition coefficient (Wildman–Crippen LogP) is 2.21. The van der Waals surface area contributed by atoms with Crippen molar-refractivity contribution in [2.75, 3.05) is 7.11 Å². The molecule has 0 unspecified atom stereocenters. The van der Waals surface area contributed by atoms with Crippen LogP contribution in [0.2, 0.25) is 5.02 Å². The number of methoxy groups -OCH3 is 1. The lowest BCUT2D eigenvalue weighted by molar-refractivity contribution is -0.141. The number of carbonyl (C=O) groups excluding carboxylic acids is 2. The number of esters is 1. The number of nitrogens with zero attached hydrogens (tertiary/aromatic N) is 2. The van der Waals surface area contributed by atoms with Gasteiger partial charge in [-0.15, -0.1) is 0 Å². The van der Waals surface area contributed by atoms with E-state index < -0.39 is 0 Å². The number of benzene rings is 1. The molecule has 1 amide bonds. The van der Waals surface area contributed by atoms with Gasteiger partial charge in [0.1, 0.15) is 0 Å². The first-order chi connectivity index (χ1) is 10.5. The van der Waals surface area contributed by atoms with Crippen LogP contribution in [0.5, 0.6) is 0 Å². The minimum Gasteiger partial charge on any atom is -0.469 e. The number of rotatable bonds is 5. The maximum atomic E-state index is 12.1. The van der Waals surface area contributed by atoms with Crippen LogP contribution in [0.1, 0.15) is 23.7 Å². The summed E-state index contributed by atoms with van der Waals surface area (Å²) >= 11 is 6.09. The molecule has 0 aliphatic heterocycles. The average Bonchev–Trinajstić information content (AvgIpc) is 2.97. The Morgan fingerprint density at radius 3 is 2.82 bits per heavy atom. The van der Waals surface area contributed by atoms with E-state index >= 15 is 0 Å². The summed E-state index contributed by atoms with van der Waals surface area (Å²) in [5, 5.41) is 7.39. The average molecular weight is 322 g/mol. The van der Waals surface area contributed by atoms with Gasteiger partial charge < -0.3 is 10.1 Å². The molecule has 0 saturated heterocycles. The molecule has 0 saturated carbocycles. The van der Waals surface area contributed by atoms with Gasteiger partial charge in [0.2, 0.25) is 0 Å². The van der Waals surface area contributed by atoms with Gasteiger partial charge in [0.25, 0.3) is 5.91 Å². The zero-order chi connectivity index (χ0) is 16.1. The van der Waals surface area contributed by atoms with Crippen LogP contribution in [0, 0.1) is 0 Å². The van der Waals surface area contributed by atoms with Crippen LogP contribution in [-0.4, -0.2) is 34.8 Å². The van der Waals surface area contributed by atoms with Crippen molar-refractivity contribution in [3.05, 3.63) is 47.2 Å². The van der Waals surface area contributed by atoms with Crippen molar-refractivity contribution in [1.82, 2.24) is 15.1 Å². The summed E-state index contributed by atoms with van der Waals surface area (Å²) in [7, 11) is 1.31. The number of hydrogen-bond donors (Lipinski definition) is 1. The second kappa shape index (κ2) is 7.09. The molecule has 7 heteroatoms. The van der Waals surface area contributed by atoms with Gasteiger partial charge in [0, 0.05) is 12.2 Å². The minimum absolute atomic E-state index is 0.112. The van der Waals surface area contributed by atoms with Crippen molar-refractivity contribution in [3.8, 4) is 5.69 Å².